The van der Waals surface area contributed by atoms with Gasteiger partial charge in [0.25, 0.3) is 0 Å². The fourth-order valence-electron chi connectivity index (χ4n) is 1.97. The Labute approximate surface area is 118 Å². The van der Waals surface area contributed by atoms with Crippen LogP contribution >= 0.6 is 0 Å². The number of ether oxygens (including phenoxy) is 1. The smallest absolute Gasteiger partial charge is 0.337 e. The molecule has 20 heavy (non-hydrogen) atoms. The van der Waals surface area contributed by atoms with Crippen molar-refractivity contribution in [3.05, 3.63) is 48.0 Å². The first-order valence-electron chi connectivity index (χ1n) is 6.67. The minimum atomic E-state index is -0.324. The topological polar surface area (TPSA) is 56.2 Å². The van der Waals surface area contributed by atoms with Crippen molar-refractivity contribution in [2.75, 3.05) is 12.4 Å². The van der Waals surface area contributed by atoms with Crippen molar-refractivity contribution in [1.29, 1.82) is 0 Å². The number of benzene rings is 1. The summed E-state index contributed by atoms with van der Waals surface area (Å²) in [6, 6.07) is 7.21. The van der Waals surface area contributed by atoms with Crippen LogP contribution in [0.25, 0.3) is 0 Å². The number of esters is 1. The van der Waals surface area contributed by atoms with Gasteiger partial charge in [-0.05, 0) is 30.7 Å². The quantitative estimate of drug-likeness (QED) is 0.822. The molecule has 5 heteroatoms. The molecule has 0 atom stereocenters. The van der Waals surface area contributed by atoms with E-state index in [0.29, 0.717) is 12.1 Å². The van der Waals surface area contributed by atoms with Crippen molar-refractivity contribution in [3.8, 4) is 0 Å². The number of hydrogen-bond donors (Lipinski definition) is 1. The summed E-state index contributed by atoms with van der Waals surface area (Å²) in [4.78, 5) is 15.7. The number of hydrogen-bond acceptors (Lipinski definition) is 4. The van der Waals surface area contributed by atoms with Crippen LogP contribution in [0.15, 0.2) is 36.7 Å². The zero-order chi connectivity index (χ0) is 14.4. The number of aromatic nitrogens is 2. The van der Waals surface area contributed by atoms with Crippen molar-refractivity contribution < 1.29 is 9.53 Å². The molecule has 2 aromatic rings. The molecule has 1 aromatic heterocycles. The number of rotatable bonds is 6. The Kier molecular flexibility index (Phi) is 4.76. The molecule has 0 saturated carbocycles. The summed E-state index contributed by atoms with van der Waals surface area (Å²) in [6.07, 6.45) is 4.88. The molecule has 0 amide bonds. The summed E-state index contributed by atoms with van der Waals surface area (Å²) in [5.74, 6) is 0.680. The standard InChI is InChI=1S/C15H19N3O2/c1-3-9-18-10-8-16-14(18)11-17-13-6-4-12(5-7-13)15(19)20-2/h4-8,10,17H,3,9,11H2,1-2H3. The van der Waals surface area contributed by atoms with Gasteiger partial charge in [-0.3, -0.25) is 0 Å². The lowest BCUT2D eigenvalue weighted by Gasteiger charge is -2.09. The molecule has 1 heterocycles. The molecule has 2 rings (SSSR count). The van der Waals surface area contributed by atoms with Crippen molar-refractivity contribution in [2.24, 2.45) is 0 Å². The zero-order valence-electron chi connectivity index (χ0n) is 11.8. The Morgan fingerprint density at radius 2 is 2.10 bits per heavy atom. The lowest BCUT2D eigenvalue weighted by Crippen LogP contribution is -2.08. The molecular formula is C15H19N3O2. The largest absolute Gasteiger partial charge is 0.465 e. The summed E-state index contributed by atoms with van der Waals surface area (Å²) >= 11 is 0. The fraction of sp³-hybridized carbons (Fsp3) is 0.333. The monoisotopic (exact) mass is 273 g/mol. The highest BCUT2D eigenvalue weighted by Crippen LogP contribution is 2.11. The first-order valence-corrected chi connectivity index (χ1v) is 6.67. The third-order valence-electron chi connectivity index (χ3n) is 3.02. The number of imidazole rings is 1. The first kappa shape index (κ1) is 14.1. The molecule has 0 radical (unpaired) electrons. The van der Waals surface area contributed by atoms with Crippen LogP contribution in [0.4, 0.5) is 5.69 Å². The Hall–Kier alpha value is -2.30. The van der Waals surface area contributed by atoms with E-state index in [9.17, 15) is 4.79 Å². The van der Waals surface area contributed by atoms with Gasteiger partial charge in [0.15, 0.2) is 0 Å². The predicted octanol–water partition coefficient (Wildman–Crippen LogP) is 2.69. The van der Waals surface area contributed by atoms with Crippen molar-refractivity contribution in [2.45, 2.75) is 26.4 Å². The highest BCUT2D eigenvalue weighted by molar-refractivity contribution is 5.89. The molecule has 1 N–H and O–H groups in total. The summed E-state index contributed by atoms with van der Waals surface area (Å²) < 4.78 is 6.80. The van der Waals surface area contributed by atoms with Crippen molar-refractivity contribution in [3.63, 3.8) is 0 Å². The van der Waals surface area contributed by atoms with Gasteiger partial charge in [-0.15, -0.1) is 0 Å². The third kappa shape index (κ3) is 3.38. The summed E-state index contributed by atoms with van der Waals surface area (Å²) in [7, 11) is 1.38. The summed E-state index contributed by atoms with van der Waals surface area (Å²) in [5.41, 5.74) is 1.49. The molecule has 1 aromatic carbocycles. The molecule has 0 fully saturated rings. The minimum Gasteiger partial charge on any atom is -0.465 e. The van der Waals surface area contributed by atoms with Crippen molar-refractivity contribution >= 4 is 11.7 Å². The molecule has 0 spiro atoms. The first-order chi connectivity index (χ1) is 9.74. The number of nitrogens with zero attached hydrogens (tertiary/aromatic N) is 2. The second-order valence-corrected chi connectivity index (χ2v) is 4.46. The molecule has 0 unspecified atom stereocenters. The third-order valence-corrected chi connectivity index (χ3v) is 3.02. The Morgan fingerprint density at radius 3 is 2.75 bits per heavy atom. The maximum absolute atomic E-state index is 11.3. The minimum absolute atomic E-state index is 0.324. The maximum atomic E-state index is 11.3. The lowest BCUT2D eigenvalue weighted by atomic mass is 10.2. The van der Waals surface area contributed by atoms with Gasteiger partial charge in [0.05, 0.1) is 19.2 Å². The molecule has 0 saturated heterocycles. The average molecular weight is 273 g/mol. The number of anilines is 1. The van der Waals surface area contributed by atoms with E-state index in [1.807, 2.05) is 24.5 Å². The van der Waals surface area contributed by atoms with Crippen LogP contribution in [0.5, 0.6) is 0 Å². The average Bonchev–Trinajstić information content (AvgIpc) is 2.92. The van der Waals surface area contributed by atoms with E-state index in [2.05, 4.69) is 26.5 Å². The lowest BCUT2D eigenvalue weighted by molar-refractivity contribution is 0.0601. The number of aryl methyl sites for hydroxylation is 1. The highest BCUT2D eigenvalue weighted by atomic mass is 16.5. The van der Waals surface area contributed by atoms with Crippen LogP contribution in [0.1, 0.15) is 29.5 Å². The van der Waals surface area contributed by atoms with E-state index in [-0.39, 0.29) is 5.97 Å². The van der Waals surface area contributed by atoms with E-state index >= 15 is 0 Å². The molecule has 5 nitrogen and oxygen atoms in total. The van der Waals surface area contributed by atoms with Crippen LogP contribution in [0, 0.1) is 0 Å². The zero-order valence-corrected chi connectivity index (χ0v) is 11.8. The Bertz CT molecular complexity index is 561. The van der Waals surface area contributed by atoms with Crippen LogP contribution in [-0.2, 0) is 17.8 Å². The van der Waals surface area contributed by atoms with Crippen LogP contribution in [0.3, 0.4) is 0 Å². The highest BCUT2D eigenvalue weighted by Gasteiger charge is 2.05. The molecule has 0 aliphatic carbocycles. The summed E-state index contributed by atoms with van der Waals surface area (Å²) in [5, 5.41) is 3.29. The van der Waals surface area contributed by atoms with Gasteiger partial charge in [0.2, 0.25) is 0 Å². The van der Waals surface area contributed by atoms with Crippen molar-refractivity contribution in [1.82, 2.24) is 9.55 Å². The van der Waals surface area contributed by atoms with Crippen LogP contribution in [-0.4, -0.2) is 22.6 Å². The second-order valence-electron chi connectivity index (χ2n) is 4.46. The second kappa shape index (κ2) is 6.75. The number of nitrogens with one attached hydrogen (secondary N) is 1. The Balaban J connectivity index is 1.97. The van der Waals surface area contributed by atoms with Gasteiger partial charge in [0.1, 0.15) is 5.82 Å². The van der Waals surface area contributed by atoms with Gasteiger partial charge >= 0.3 is 5.97 Å². The SMILES string of the molecule is CCCn1ccnc1CNc1ccc(C(=O)OC)cc1. The molecular weight excluding hydrogens is 254 g/mol. The van der Waals surface area contributed by atoms with E-state index in [1.165, 1.54) is 7.11 Å². The predicted molar refractivity (Wildman–Crippen MR) is 77.6 cm³/mol. The van der Waals surface area contributed by atoms with Gasteiger partial charge in [-0.1, -0.05) is 6.92 Å². The van der Waals surface area contributed by atoms with E-state index in [4.69, 9.17) is 0 Å². The van der Waals surface area contributed by atoms with Gasteiger partial charge in [0, 0.05) is 24.6 Å². The number of carbonyl (C=O) groups is 1. The van der Waals surface area contributed by atoms with Gasteiger partial charge in [-0.25, -0.2) is 9.78 Å². The molecule has 106 valence electrons. The molecule has 0 bridgehead atoms. The van der Waals surface area contributed by atoms with Crippen LogP contribution in [0.2, 0.25) is 0 Å². The fourth-order valence-corrected chi connectivity index (χ4v) is 1.97. The van der Waals surface area contributed by atoms with Crippen LogP contribution < -0.4 is 5.32 Å². The Morgan fingerprint density at radius 1 is 1.35 bits per heavy atom. The molecule has 0 aliphatic heterocycles. The van der Waals surface area contributed by atoms with Gasteiger partial charge in [-0.2, -0.15) is 0 Å². The van der Waals surface area contributed by atoms with E-state index in [1.54, 1.807) is 12.1 Å². The number of carbonyl (C=O) groups excluding carboxylic acids is 1. The number of methoxy groups -OCH3 is 1. The summed E-state index contributed by atoms with van der Waals surface area (Å²) in [6.45, 7) is 3.77. The van der Waals surface area contributed by atoms with E-state index < -0.39 is 0 Å². The van der Waals surface area contributed by atoms with Gasteiger partial charge < -0.3 is 14.6 Å². The van der Waals surface area contributed by atoms with E-state index in [0.717, 1.165) is 24.5 Å². The maximum Gasteiger partial charge on any atom is 0.337 e. The normalized spacial score (nSPS) is 10.3. The molecule has 0 aliphatic rings.